The van der Waals surface area contributed by atoms with E-state index in [1.165, 1.54) is 24.1 Å². The number of pyridine rings is 1. The van der Waals surface area contributed by atoms with Crippen molar-refractivity contribution in [2.75, 3.05) is 12.4 Å². The first-order valence-electron chi connectivity index (χ1n) is 11.6. The fourth-order valence-corrected chi connectivity index (χ4v) is 4.57. The first-order chi connectivity index (χ1) is 18.3. The number of fused-ring (bicyclic) bond motifs is 1. The number of aryl methyl sites for hydroxylation is 1. The van der Waals surface area contributed by atoms with Crippen LogP contribution in [0.2, 0.25) is 10.0 Å². The Balaban J connectivity index is 1.57. The summed E-state index contributed by atoms with van der Waals surface area (Å²) in [7, 11) is 1.50. The number of aliphatic hydroxyl groups excluding tert-OH is 2. The Morgan fingerprint density at radius 1 is 1.16 bits per heavy atom. The molecule has 0 aliphatic carbocycles. The van der Waals surface area contributed by atoms with Crippen LogP contribution < -0.4 is 16.2 Å². The van der Waals surface area contributed by atoms with E-state index in [2.05, 4.69) is 36.1 Å². The van der Waals surface area contributed by atoms with Gasteiger partial charge in [-0.05, 0) is 24.6 Å². The van der Waals surface area contributed by atoms with Gasteiger partial charge in [0.05, 0.1) is 11.3 Å². The van der Waals surface area contributed by atoms with Gasteiger partial charge >= 0.3 is 0 Å². The molecule has 1 fully saturated rings. The molecule has 0 spiro atoms. The average molecular weight is 559 g/mol. The molecule has 1 unspecified atom stereocenters. The summed E-state index contributed by atoms with van der Waals surface area (Å²) in [6.45, 7) is 2.32. The SMILES string of the molecule is CNNC(=O)[C@H]1O[C@@H](n2cnc3c(NCc4cc(C)ccc4Cl)nc(-c4cncc(Cl)c4)nc32)[C@H](O)C1O. The highest BCUT2D eigenvalue weighted by Crippen LogP contribution is 2.34. The maximum absolute atomic E-state index is 12.3. The van der Waals surface area contributed by atoms with Crippen molar-refractivity contribution < 1.29 is 19.7 Å². The predicted octanol–water partition coefficient (Wildman–Crippen LogP) is 1.99. The second-order valence-electron chi connectivity index (χ2n) is 8.73. The third kappa shape index (κ3) is 5.01. The van der Waals surface area contributed by atoms with E-state index in [4.69, 9.17) is 27.9 Å². The van der Waals surface area contributed by atoms with Gasteiger partial charge in [-0.2, -0.15) is 0 Å². The Morgan fingerprint density at radius 2 is 1.97 bits per heavy atom. The van der Waals surface area contributed by atoms with Gasteiger partial charge in [0.2, 0.25) is 0 Å². The Bertz CT molecular complexity index is 1500. The number of carbonyl (C=O) groups excluding carboxylic acids is 1. The lowest BCUT2D eigenvalue weighted by molar-refractivity contribution is -0.138. The number of benzene rings is 1. The number of hydrazine groups is 1. The maximum atomic E-state index is 12.3. The van der Waals surface area contributed by atoms with E-state index < -0.39 is 30.4 Å². The summed E-state index contributed by atoms with van der Waals surface area (Å²) in [4.78, 5) is 30.2. The average Bonchev–Trinajstić information content (AvgIpc) is 3.45. The lowest BCUT2D eigenvalue weighted by Crippen LogP contribution is -2.46. The second-order valence-corrected chi connectivity index (χ2v) is 9.57. The van der Waals surface area contributed by atoms with E-state index in [9.17, 15) is 15.0 Å². The zero-order valence-corrected chi connectivity index (χ0v) is 21.8. The molecule has 5 N–H and O–H groups in total. The summed E-state index contributed by atoms with van der Waals surface area (Å²) in [5.74, 6) is 0.0343. The van der Waals surface area contributed by atoms with Crippen molar-refractivity contribution in [1.82, 2.24) is 35.4 Å². The van der Waals surface area contributed by atoms with Crippen LogP contribution in [-0.4, -0.2) is 66.0 Å². The lowest BCUT2D eigenvalue weighted by atomic mass is 10.1. The van der Waals surface area contributed by atoms with E-state index in [1.807, 2.05) is 25.1 Å². The van der Waals surface area contributed by atoms with E-state index in [-0.39, 0.29) is 5.82 Å². The van der Waals surface area contributed by atoms with Crippen molar-refractivity contribution >= 4 is 46.1 Å². The number of nitrogens with one attached hydrogen (secondary N) is 3. The van der Waals surface area contributed by atoms with Crippen LogP contribution in [0.1, 0.15) is 17.4 Å². The number of aromatic nitrogens is 5. The van der Waals surface area contributed by atoms with Gasteiger partial charge in [0, 0.05) is 36.6 Å². The summed E-state index contributed by atoms with van der Waals surface area (Å²) in [6.07, 6.45) is -0.922. The molecule has 1 aliphatic heterocycles. The van der Waals surface area contributed by atoms with Gasteiger partial charge in [-0.3, -0.25) is 19.8 Å². The van der Waals surface area contributed by atoms with Crippen LogP contribution in [0, 0.1) is 6.92 Å². The highest BCUT2D eigenvalue weighted by atomic mass is 35.5. The third-order valence-electron chi connectivity index (χ3n) is 6.05. The molecule has 4 aromatic rings. The predicted molar refractivity (Wildman–Crippen MR) is 140 cm³/mol. The smallest absolute Gasteiger partial charge is 0.266 e. The lowest BCUT2D eigenvalue weighted by Gasteiger charge is -2.17. The largest absolute Gasteiger partial charge is 0.387 e. The van der Waals surface area contributed by atoms with Gasteiger partial charge in [0.15, 0.2) is 35.1 Å². The summed E-state index contributed by atoms with van der Waals surface area (Å²) in [6, 6.07) is 7.38. The fourth-order valence-electron chi connectivity index (χ4n) is 4.21. The normalized spacial score (nSPS) is 21.1. The Kier molecular flexibility index (Phi) is 7.43. The number of hydrogen-bond donors (Lipinski definition) is 5. The number of halogens is 2. The molecule has 5 rings (SSSR count). The van der Waals surface area contributed by atoms with Crippen molar-refractivity contribution in [1.29, 1.82) is 0 Å². The van der Waals surface area contributed by atoms with Crippen molar-refractivity contribution in [2.24, 2.45) is 0 Å². The number of carbonyl (C=O) groups is 1. The third-order valence-corrected chi connectivity index (χ3v) is 6.63. The minimum atomic E-state index is -1.48. The summed E-state index contributed by atoms with van der Waals surface area (Å²) >= 11 is 12.5. The molecule has 1 aliphatic rings. The molecule has 1 amide bonds. The standard InChI is InChI=1S/C24H24Cl2N8O4/c1-11-3-4-15(26)12(5-11)8-29-21-16-22(32-20(31-21)13-6-14(25)9-28-7-13)34(10-30-16)24-18(36)17(35)19(38-24)23(37)33-27-2/h3-7,9-10,17-19,24,27,35-36H,8H2,1-2H3,(H,33,37)(H,29,31,32)/t17?,18-,19+,24-/m1/s1. The number of imidazole rings is 1. The zero-order valence-electron chi connectivity index (χ0n) is 20.3. The first-order valence-corrected chi connectivity index (χ1v) is 12.3. The quantitative estimate of drug-likeness (QED) is 0.212. The van der Waals surface area contributed by atoms with Gasteiger partial charge in [-0.1, -0.05) is 40.9 Å². The number of rotatable bonds is 7. The second kappa shape index (κ2) is 10.8. The monoisotopic (exact) mass is 558 g/mol. The van der Waals surface area contributed by atoms with Gasteiger partial charge < -0.3 is 20.3 Å². The van der Waals surface area contributed by atoms with Gasteiger partial charge in [0.25, 0.3) is 5.91 Å². The molecule has 0 bridgehead atoms. The molecule has 0 saturated carbocycles. The number of aliphatic hydroxyl groups is 2. The topological polar surface area (TPSA) is 159 Å². The highest BCUT2D eigenvalue weighted by Gasteiger charge is 2.47. The molecule has 4 heterocycles. The molecular weight excluding hydrogens is 535 g/mol. The number of nitrogens with zero attached hydrogens (tertiary/aromatic N) is 5. The van der Waals surface area contributed by atoms with E-state index in [0.717, 1.165) is 11.1 Å². The molecule has 4 atom stereocenters. The first kappa shape index (κ1) is 26.2. The number of hydrogen-bond acceptors (Lipinski definition) is 10. The van der Waals surface area contributed by atoms with Gasteiger partial charge in [0.1, 0.15) is 12.2 Å². The van der Waals surface area contributed by atoms with Gasteiger partial charge in [-0.15, -0.1) is 0 Å². The van der Waals surface area contributed by atoms with Crippen LogP contribution in [0.25, 0.3) is 22.6 Å². The Labute approximate surface area is 227 Å². The summed E-state index contributed by atoms with van der Waals surface area (Å²) < 4.78 is 7.20. The van der Waals surface area contributed by atoms with E-state index in [1.54, 1.807) is 12.3 Å². The van der Waals surface area contributed by atoms with Crippen molar-refractivity contribution in [3.8, 4) is 11.4 Å². The van der Waals surface area contributed by atoms with E-state index >= 15 is 0 Å². The molecular formula is C24H24Cl2N8O4. The Hall–Kier alpha value is -3.39. The maximum Gasteiger partial charge on any atom is 0.266 e. The molecule has 3 aromatic heterocycles. The summed E-state index contributed by atoms with van der Waals surface area (Å²) in [5.41, 5.74) is 7.96. The van der Waals surface area contributed by atoms with Crippen molar-refractivity contribution in [2.45, 2.75) is 38.0 Å². The van der Waals surface area contributed by atoms with Crippen molar-refractivity contribution in [3.05, 3.63) is 64.2 Å². The number of amides is 1. The van der Waals surface area contributed by atoms with Crippen LogP contribution in [-0.2, 0) is 16.1 Å². The van der Waals surface area contributed by atoms with Crippen LogP contribution >= 0.6 is 23.2 Å². The molecule has 0 radical (unpaired) electrons. The molecule has 12 nitrogen and oxygen atoms in total. The molecule has 198 valence electrons. The molecule has 1 saturated heterocycles. The van der Waals surface area contributed by atoms with E-state index in [0.29, 0.717) is 39.1 Å². The summed E-state index contributed by atoms with van der Waals surface area (Å²) in [5, 5.41) is 25.5. The highest BCUT2D eigenvalue weighted by molar-refractivity contribution is 6.31. The molecule has 38 heavy (non-hydrogen) atoms. The minimum Gasteiger partial charge on any atom is -0.387 e. The van der Waals surface area contributed by atoms with Crippen molar-refractivity contribution in [3.63, 3.8) is 0 Å². The fraction of sp³-hybridized carbons (Fsp3) is 0.292. The van der Waals surface area contributed by atoms with Gasteiger partial charge in [-0.25, -0.2) is 20.4 Å². The number of ether oxygens (including phenoxy) is 1. The Morgan fingerprint density at radius 3 is 2.74 bits per heavy atom. The number of anilines is 1. The molecule has 1 aromatic carbocycles. The van der Waals surface area contributed by atoms with Crippen LogP contribution in [0.3, 0.4) is 0 Å². The van der Waals surface area contributed by atoms with Crippen LogP contribution in [0.15, 0.2) is 43.0 Å². The zero-order chi connectivity index (χ0) is 27.0. The van der Waals surface area contributed by atoms with Crippen LogP contribution in [0.4, 0.5) is 5.82 Å². The molecule has 14 heteroatoms. The van der Waals surface area contributed by atoms with Crippen LogP contribution in [0.5, 0.6) is 0 Å². The minimum absolute atomic E-state index is 0.282.